The lowest BCUT2D eigenvalue weighted by atomic mass is 10.1. The molecule has 222 valence electrons. The van der Waals surface area contributed by atoms with Gasteiger partial charge in [0.05, 0.1) is 21.2 Å². The lowest BCUT2D eigenvalue weighted by Crippen LogP contribution is -2.60. The number of rotatable bonds is 7. The molecule has 4 fully saturated rings. The second-order valence-electron chi connectivity index (χ2n) is 11.2. The number of hydrogen-bond donors (Lipinski definition) is 1. The minimum Gasteiger partial charge on any atom is -0.338 e. The highest BCUT2D eigenvalue weighted by atomic mass is 35.5. The lowest BCUT2D eigenvalue weighted by Gasteiger charge is -2.41. The van der Waals surface area contributed by atoms with Crippen LogP contribution in [-0.4, -0.2) is 102 Å². The number of amides is 3. The quantitative estimate of drug-likeness (QED) is 0.496. The highest BCUT2D eigenvalue weighted by Gasteiger charge is 2.59. The molecule has 5 rings (SSSR count). The van der Waals surface area contributed by atoms with Crippen LogP contribution in [0.2, 0.25) is 5.02 Å². The van der Waals surface area contributed by atoms with E-state index in [0.29, 0.717) is 25.7 Å². The molecule has 0 spiro atoms. The van der Waals surface area contributed by atoms with Crippen LogP contribution in [0.4, 0.5) is 13.2 Å². The third kappa shape index (κ3) is 5.63. The molecule has 2 atom stereocenters. The molecule has 0 unspecified atom stereocenters. The van der Waals surface area contributed by atoms with Crippen LogP contribution in [0.5, 0.6) is 0 Å². The van der Waals surface area contributed by atoms with Gasteiger partial charge in [-0.2, -0.15) is 18.4 Å². The molecule has 2 aliphatic carbocycles. The van der Waals surface area contributed by atoms with Gasteiger partial charge in [-0.25, -0.2) is 8.42 Å². The number of nitrogens with one attached hydrogen (secondary N) is 1. The number of carbonyl (C=O) groups is 3. The van der Waals surface area contributed by atoms with E-state index in [1.165, 1.54) is 17.0 Å². The Morgan fingerprint density at radius 1 is 1.07 bits per heavy atom. The van der Waals surface area contributed by atoms with E-state index in [4.69, 9.17) is 11.6 Å². The largest absolute Gasteiger partial charge is 0.471 e. The first kappa shape index (κ1) is 29.6. The van der Waals surface area contributed by atoms with Crippen molar-refractivity contribution >= 4 is 39.2 Å². The summed E-state index contributed by atoms with van der Waals surface area (Å²) in [7, 11) is -3.99. The molecule has 1 aromatic carbocycles. The van der Waals surface area contributed by atoms with E-state index in [1.807, 2.05) is 0 Å². The van der Waals surface area contributed by atoms with Crippen LogP contribution in [0.25, 0.3) is 0 Å². The van der Waals surface area contributed by atoms with Gasteiger partial charge in [0, 0.05) is 45.2 Å². The molecule has 2 saturated carbocycles. The van der Waals surface area contributed by atoms with Crippen molar-refractivity contribution in [3.8, 4) is 6.07 Å². The molecule has 1 N–H and O–H groups in total. The molecule has 1 aromatic rings. The predicted molar refractivity (Wildman–Crippen MR) is 139 cm³/mol. The number of hydrogen-bond acceptors (Lipinski definition) is 7. The van der Waals surface area contributed by atoms with Crippen molar-refractivity contribution in [1.29, 1.82) is 5.26 Å². The first-order valence-electron chi connectivity index (χ1n) is 13.4. The summed E-state index contributed by atoms with van der Waals surface area (Å²) in [5.74, 6) is -2.77. The molecule has 41 heavy (non-hydrogen) atoms. The molecule has 0 aromatic heterocycles. The van der Waals surface area contributed by atoms with Gasteiger partial charge < -0.3 is 15.1 Å². The molecule has 2 aliphatic heterocycles. The van der Waals surface area contributed by atoms with Gasteiger partial charge >= 0.3 is 12.1 Å². The van der Waals surface area contributed by atoms with E-state index in [2.05, 4.69) is 11.4 Å². The van der Waals surface area contributed by atoms with E-state index >= 15 is 0 Å². The van der Waals surface area contributed by atoms with Gasteiger partial charge in [-0.15, -0.1) is 0 Å². The maximum Gasteiger partial charge on any atom is 0.471 e. The van der Waals surface area contributed by atoms with Crippen molar-refractivity contribution in [2.45, 2.75) is 72.0 Å². The van der Waals surface area contributed by atoms with Crippen LogP contribution in [0.15, 0.2) is 29.2 Å². The Balaban J connectivity index is 1.35. The number of nitrogens with zero attached hydrogens (tertiary/aromatic N) is 4. The summed E-state index contributed by atoms with van der Waals surface area (Å²) < 4.78 is 65.8. The lowest BCUT2D eigenvalue weighted by molar-refractivity contribution is -0.187. The van der Waals surface area contributed by atoms with Crippen LogP contribution in [-0.2, 0) is 24.2 Å². The average molecular weight is 616 g/mol. The summed E-state index contributed by atoms with van der Waals surface area (Å²) in [5.41, 5.74) is -1.96. The minimum absolute atomic E-state index is 0.0176. The fraction of sp³-hybridized carbons (Fsp3) is 0.615. The zero-order valence-corrected chi connectivity index (χ0v) is 23.6. The average Bonchev–Trinajstić information content (AvgIpc) is 3.85. The van der Waals surface area contributed by atoms with Crippen molar-refractivity contribution in [2.24, 2.45) is 0 Å². The monoisotopic (exact) mass is 615 g/mol. The predicted octanol–water partition coefficient (Wildman–Crippen LogP) is 1.88. The van der Waals surface area contributed by atoms with Gasteiger partial charge in [-0.05, 0) is 44.2 Å². The van der Waals surface area contributed by atoms with Crippen molar-refractivity contribution in [3.63, 3.8) is 0 Å². The molecule has 0 bridgehead atoms. The third-order valence-corrected chi connectivity index (χ3v) is 11.1. The smallest absolute Gasteiger partial charge is 0.338 e. The maximum atomic E-state index is 14.0. The molecular formula is C26H29ClF3N5O5S. The number of likely N-dealkylation sites (tertiary alicyclic amines) is 1. The number of halogens is 4. The molecule has 10 nitrogen and oxygen atoms in total. The summed E-state index contributed by atoms with van der Waals surface area (Å²) in [6.45, 7) is -0.461. The molecule has 2 heterocycles. The van der Waals surface area contributed by atoms with E-state index in [1.54, 1.807) is 17.0 Å². The zero-order chi connectivity index (χ0) is 29.8. The van der Waals surface area contributed by atoms with Gasteiger partial charge in [0.2, 0.25) is 11.8 Å². The number of benzene rings is 1. The molecule has 0 radical (unpaired) electrons. The highest BCUT2D eigenvalue weighted by molar-refractivity contribution is 7.92. The molecule has 3 amide bonds. The Morgan fingerprint density at radius 2 is 1.71 bits per heavy atom. The number of sulfone groups is 1. The summed E-state index contributed by atoms with van der Waals surface area (Å²) >= 11 is 6.19. The van der Waals surface area contributed by atoms with Crippen LogP contribution >= 0.6 is 11.6 Å². The fourth-order valence-electron chi connectivity index (χ4n) is 5.89. The van der Waals surface area contributed by atoms with Crippen LogP contribution < -0.4 is 5.32 Å². The summed E-state index contributed by atoms with van der Waals surface area (Å²) in [6, 6.07) is 7.28. The summed E-state index contributed by atoms with van der Waals surface area (Å²) in [6.07, 6.45) is -3.33. The second kappa shape index (κ2) is 10.4. The summed E-state index contributed by atoms with van der Waals surface area (Å²) in [4.78, 5) is 42.4. The van der Waals surface area contributed by atoms with Gasteiger partial charge in [0.15, 0.2) is 9.84 Å². The van der Waals surface area contributed by atoms with E-state index in [9.17, 15) is 41.2 Å². The fourth-order valence-corrected chi connectivity index (χ4v) is 8.14. The number of carbonyl (C=O) groups excluding carboxylic acids is 3. The minimum atomic E-state index is -4.98. The normalized spacial score (nSPS) is 25.3. The Hall–Kier alpha value is -2.89. The topological polar surface area (TPSA) is 131 Å². The Morgan fingerprint density at radius 3 is 2.24 bits per heavy atom. The SMILES string of the molecule is N#CC1(NC(=O)C[C@H]2C[C@@H](S(=O)(=O)c3ccccc3Cl)CN2C(=O)C2(N3CCN(C(=O)C(F)(F)F)CC3)CC2)CC1. The first-order valence-corrected chi connectivity index (χ1v) is 15.3. The zero-order valence-electron chi connectivity index (χ0n) is 22.0. The van der Waals surface area contributed by atoms with Gasteiger partial charge in [-0.3, -0.25) is 19.3 Å². The first-order chi connectivity index (χ1) is 19.2. The van der Waals surface area contributed by atoms with Gasteiger partial charge in [-0.1, -0.05) is 23.7 Å². The van der Waals surface area contributed by atoms with Crippen LogP contribution in [0.1, 0.15) is 38.5 Å². The standard InChI is InChI=1S/C26H29ClF3N5O5S/c27-19-3-1-2-4-20(19)41(39,40)18-13-17(14-21(36)32-24(16-31)5-6-24)35(15-18)22(37)25(7-8-25)34-11-9-33(10-12-34)23(38)26(28,29)30/h1-4,17-18H,5-15H2,(H,32,36)/t17-,18-/m1/s1. The van der Waals surface area contributed by atoms with Crippen molar-refractivity contribution < 1.29 is 36.0 Å². The Labute approximate surface area is 240 Å². The molecule has 4 aliphatic rings. The van der Waals surface area contributed by atoms with E-state index in [0.717, 1.165) is 4.90 Å². The third-order valence-electron chi connectivity index (χ3n) is 8.52. The molecule has 2 saturated heterocycles. The Bertz CT molecular complexity index is 1400. The maximum absolute atomic E-state index is 14.0. The number of piperazine rings is 1. The van der Waals surface area contributed by atoms with Crippen molar-refractivity contribution in [1.82, 2.24) is 20.0 Å². The van der Waals surface area contributed by atoms with Crippen molar-refractivity contribution in [3.05, 3.63) is 29.3 Å². The van der Waals surface area contributed by atoms with Crippen LogP contribution in [0.3, 0.4) is 0 Å². The molecule has 15 heteroatoms. The van der Waals surface area contributed by atoms with Gasteiger partial charge in [0.25, 0.3) is 0 Å². The van der Waals surface area contributed by atoms with E-state index < -0.39 is 50.2 Å². The summed E-state index contributed by atoms with van der Waals surface area (Å²) in [5, 5.41) is 11.1. The molecular weight excluding hydrogens is 587 g/mol. The highest BCUT2D eigenvalue weighted by Crippen LogP contribution is 2.46. The van der Waals surface area contributed by atoms with E-state index in [-0.39, 0.29) is 61.4 Å². The van der Waals surface area contributed by atoms with Crippen molar-refractivity contribution in [2.75, 3.05) is 32.7 Å². The number of alkyl halides is 3. The number of nitriles is 1. The second-order valence-corrected chi connectivity index (χ2v) is 13.8. The Kier molecular flexibility index (Phi) is 7.53. The van der Waals surface area contributed by atoms with Crippen LogP contribution in [0, 0.1) is 11.3 Å². The van der Waals surface area contributed by atoms with Gasteiger partial charge in [0.1, 0.15) is 11.1 Å².